The molecule has 0 aliphatic heterocycles. The van der Waals surface area contributed by atoms with E-state index in [1.807, 2.05) is 12.4 Å². The van der Waals surface area contributed by atoms with Gasteiger partial charge in [0.15, 0.2) is 5.96 Å². The van der Waals surface area contributed by atoms with Crippen LogP contribution in [0.15, 0.2) is 35.6 Å². The van der Waals surface area contributed by atoms with E-state index in [1.54, 1.807) is 7.11 Å². The minimum atomic E-state index is 0.537. The lowest BCUT2D eigenvalue weighted by molar-refractivity contribution is 0.172. The zero-order valence-corrected chi connectivity index (χ0v) is 19.1. The van der Waals surface area contributed by atoms with Crippen molar-refractivity contribution in [3.8, 4) is 5.75 Å². The maximum atomic E-state index is 5.98. The summed E-state index contributed by atoms with van der Waals surface area (Å²) in [7, 11) is 1.71. The van der Waals surface area contributed by atoms with Crippen molar-refractivity contribution in [3.63, 3.8) is 0 Å². The summed E-state index contributed by atoms with van der Waals surface area (Å²) in [6.45, 7) is 12.8. The van der Waals surface area contributed by atoms with Crippen LogP contribution in [0, 0.1) is 12.8 Å². The Morgan fingerprint density at radius 3 is 2.80 bits per heavy atom. The average Bonchev–Trinajstić information content (AvgIpc) is 3.14. The van der Waals surface area contributed by atoms with E-state index in [9.17, 15) is 0 Å². The van der Waals surface area contributed by atoms with Crippen molar-refractivity contribution >= 4 is 5.96 Å². The van der Waals surface area contributed by atoms with E-state index in [-0.39, 0.29) is 0 Å². The largest absolute Gasteiger partial charge is 0.493 e. The molecule has 0 bridgehead atoms. The van der Waals surface area contributed by atoms with Gasteiger partial charge in [-0.15, -0.1) is 0 Å². The van der Waals surface area contributed by atoms with Gasteiger partial charge in [-0.1, -0.05) is 26.0 Å². The molecule has 2 rings (SSSR count). The molecule has 0 unspecified atom stereocenters. The topological polar surface area (TPSA) is 72.7 Å². The van der Waals surface area contributed by atoms with Gasteiger partial charge in [-0.2, -0.15) is 0 Å². The Bertz CT molecular complexity index is 786. The molecule has 1 aromatic carbocycles. The van der Waals surface area contributed by atoms with Crippen LogP contribution >= 0.6 is 0 Å². The lowest BCUT2D eigenvalue weighted by Crippen LogP contribution is -2.37. The predicted molar refractivity (Wildman–Crippen MR) is 122 cm³/mol. The van der Waals surface area contributed by atoms with Gasteiger partial charge in [0, 0.05) is 51.2 Å². The molecule has 0 fully saturated rings. The van der Waals surface area contributed by atoms with Gasteiger partial charge in [-0.25, -0.2) is 9.98 Å². The molecule has 0 radical (unpaired) electrons. The zero-order chi connectivity index (χ0) is 21.8. The van der Waals surface area contributed by atoms with Crippen molar-refractivity contribution < 1.29 is 9.47 Å². The van der Waals surface area contributed by atoms with Crippen LogP contribution in [-0.2, 0) is 24.4 Å². The first-order valence-electron chi connectivity index (χ1n) is 10.8. The first kappa shape index (κ1) is 23.7. The first-order chi connectivity index (χ1) is 14.5. The number of hydrogen-bond donors (Lipinski definition) is 2. The third-order valence-electron chi connectivity index (χ3n) is 4.50. The van der Waals surface area contributed by atoms with Gasteiger partial charge in [0.05, 0.1) is 19.7 Å². The molecule has 0 atom stereocenters. The van der Waals surface area contributed by atoms with E-state index in [4.69, 9.17) is 14.5 Å². The second-order valence-electron chi connectivity index (χ2n) is 7.74. The van der Waals surface area contributed by atoms with Gasteiger partial charge in [-0.3, -0.25) is 0 Å². The van der Waals surface area contributed by atoms with Crippen molar-refractivity contribution in [2.45, 2.75) is 53.8 Å². The van der Waals surface area contributed by atoms with Gasteiger partial charge in [0.2, 0.25) is 0 Å². The van der Waals surface area contributed by atoms with E-state index in [1.165, 1.54) is 5.56 Å². The summed E-state index contributed by atoms with van der Waals surface area (Å²) < 4.78 is 13.3. The number of ether oxygens (including phenoxy) is 2. The Morgan fingerprint density at radius 1 is 1.23 bits per heavy atom. The predicted octanol–water partition coefficient (Wildman–Crippen LogP) is 3.52. The molecule has 2 aromatic rings. The van der Waals surface area contributed by atoms with Crippen molar-refractivity contribution in [2.75, 3.05) is 26.9 Å². The molecule has 2 N–H and O–H groups in total. The number of methoxy groups -OCH3 is 1. The number of hydrogen-bond acceptors (Lipinski definition) is 4. The molecule has 7 heteroatoms. The Balaban J connectivity index is 2.03. The van der Waals surface area contributed by atoms with Gasteiger partial charge in [-0.05, 0) is 31.4 Å². The van der Waals surface area contributed by atoms with Crippen LogP contribution in [0.1, 0.15) is 44.1 Å². The Hall–Kier alpha value is -2.54. The molecule has 0 spiro atoms. The highest BCUT2D eigenvalue weighted by atomic mass is 16.5. The number of rotatable bonds is 12. The Morgan fingerprint density at radius 2 is 2.07 bits per heavy atom. The van der Waals surface area contributed by atoms with E-state index >= 15 is 0 Å². The van der Waals surface area contributed by atoms with Crippen LogP contribution < -0.4 is 15.4 Å². The van der Waals surface area contributed by atoms with Gasteiger partial charge >= 0.3 is 0 Å². The fourth-order valence-electron chi connectivity index (χ4n) is 3.05. The molecular formula is C23H37N5O2. The molecule has 1 heterocycles. The number of guanidine groups is 1. The molecule has 0 amide bonds. The summed E-state index contributed by atoms with van der Waals surface area (Å²) in [6.07, 6.45) is 4.74. The summed E-state index contributed by atoms with van der Waals surface area (Å²) >= 11 is 0. The van der Waals surface area contributed by atoms with Gasteiger partial charge in [0.1, 0.15) is 11.6 Å². The number of aromatic nitrogens is 2. The molecular weight excluding hydrogens is 378 g/mol. The van der Waals surface area contributed by atoms with Crippen molar-refractivity contribution in [3.05, 3.63) is 47.5 Å². The van der Waals surface area contributed by atoms with Crippen LogP contribution in [0.25, 0.3) is 0 Å². The third kappa shape index (κ3) is 8.06. The highest BCUT2D eigenvalue weighted by Crippen LogP contribution is 2.21. The van der Waals surface area contributed by atoms with Crippen molar-refractivity contribution in [1.82, 2.24) is 20.2 Å². The molecule has 0 aliphatic rings. The number of aliphatic imine (C=N–C) groups is 1. The van der Waals surface area contributed by atoms with E-state index < -0.39 is 0 Å². The average molecular weight is 416 g/mol. The molecule has 166 valence electrons. The Labute approximate surface area is 180 Å². The minimum Gasteiger partial charge on any atom is -0.493 e. The molecule has 7 nitrogen and oxygen atoms in total. The number of nitrogens with one attached hydrogen (secondary N) is 2. The second kappa shape index (κ2) is 12.9. The van der Waals surface area contributed by atoms with Gasteiger partial charge in [0.25, 0.3) is 0 Å². The summed E-state index contributed by atoms with van der Waals surface area (Å²) in [5.41, 5.74) is 2.24. The van der Waals surface area contributed by atoms with E-state index in [0.29, 0.717) is 32.2 Å². The van der Waals surface area contributed by atoms with Crippen LogP contribution in [0.4, 0.5) is 0 Å². The second-order valence-corrected chi connectivity index (χ2v) is 7.74. The SMILES string of the molecule is CCNC(=NCc1ccc(C)cc1OCCCOC)NCc1nccn1CC(C)C. The lowest BCUT2D eigenvalue weighted by atomic mass is 10.1. The number of imidazole rings is 1. The molecule has 30 heavy (non-hydrogen) atoms. The lowest BCUT2D eigenvalue weighted by Gasteiger charge is -2.15. The normalized spacial score (nSPS) is 11.7. The molecule has 1 aromatic heterocycles. The first-order valence-corrected chi connectivity index (χ1v) is 10.8. The molecule has 0 saturated heterocycles. The summed E-state index contributed by atoms with van der Waals surface area (Å²) in [6, 6.07) is 6.25. The van der Waals surface area contributed by atoms with Gasteiger partial charge < -0.3 is 24.7 Å². The monoisotopic (exact) mass is 415 g/mol. The van der Waals surface area contributed by atoms with E-state index in [2.05, 4.69) is 66.1 Å². The van der Waals surface area contributed by atoms with Crippen molar-refractivity contribution in [1.29, 1.82) is 0 Å². The van der Waals surface area contributed by atoms with E-state index in [0.717, 1.165) is 42.6 Å². The maximum Gasteiger partial charge on any atom is 0.191 e. The number of nitrogens with zero attached hydrogens (tertiary/aromatic N) is 3. The molecule has 0 aliphatic carbocycles. The summed E-state index contributed by atoms with van der Waals surface area (Å²) in [5.74, 6) is 3.23. The summed E-state index contributed by atoms with van der Waals surface area (Å²) in [5, 5.41) is 6.71. The molecule has 0 saturated carbocycles. The number of aryl methyl sites for hydroxylation is 1. The fraction of sp³-hybridized carbons (Fsp3) is 0.565. The number of benzene rings is 1. The highest BCUT2D eigenvalue weighted by molar-refractivity contribution is 5.79. The zero-order valence-electron chi connectivity index (χ0n) is 19.1. The Kier molecular flexibility index (Phi) is 10.2. The standard InChI is InChI=1S/C23H37N5O2/c1-6-24-23(27-16-22-25-10-11-28(22)17-18(2)3)26-15-20-9-8-19(4)14-21(20)30-13-7-12-29-5/h8-11,14,18H,6-7,12-13,15-17H2,1-5H3,(H2,24,26,27). The third-order valence-corrected chi connectivity index (χ3v) is 4.50. The smallest absolute Gasteiger partial charge is 0.191 e. The van der Waals surface area contributed by atoms with Crippen LogP contribution in [-0.4, -0.2) is 42.4 Å². The van der Waals surface area contributed by atoms with Crippen molar-refractivity contribution in [2.24, 2.45) is 10.9 Å². The highest BCUT2D eigenvalue weighted by Gasteiger charge is 2.08. The van der Waals surface area contributed by atoms with Crippen LogP contribution in [0.5, 0.6) is 5.75 Å². The van der Waals surface area contributed by atoms with Crippen LogP contribution in [0.3, 0.4) is 0 Å². The summed E-state index contributed by atoms with van der Waals surface area (Å²) in [4.78, 5) is 9.24. The fourth-order valence-corrected chi connectivity index (χ4v) is 3.05. The maximum absolute atomic E-state index is 5.98. The van der Waals surface area contributed by atoms with Crippen LogP contribution in [0.2, 0.25) is 0 Å². The minimum absolute atomic E-state index is 0.537. The quantitative estimate of drug-likeness (QED) is 0.315.